The SMILES string of the molecule is O=C1c2ccccc2C(O)c2ccc(O)cc21. The minimum absolute atomic E-state index is 0.0312. The second kappa shape index (κ2) is 3.43. The van der Waals surface area contributed by atoms with Crippen LogP contribution in [-0.4, -0.2) is 16.0 Å². The number of aromatic hydroxyl groups is 1. The first kappa shape index (κ1) is 10.1. The third-order valence-corrected chi connectivity index (χ3v) is 3.08. The molecule has 0 bridgehead atoms. The van der Waals surface area contributed by atoms with Gasteiger partial charge in [0.15, 0.2) is 5.78 Å². The van der Waals surface area contributed by atoms with Crippen molar-refractivity contribution in [3.05, 3.63) is 64.7 Å². The van der Waals surface area contributed by atoms with Crippen molar-refractivity contribution in [1.29, 1.82) is 0 Å². The van der Waals surface area contributed by atoms with E-state index in [4.69, 9.17) is 0 Å². The van der Waals surface area contributed by atoms with Gasteiger partial charge in [-0.25, -0.2) is 0 Å². The number of phenolic OH excluding ortho intramolecular Hbond substituents is 1. The van der Waals surface area contributed by atoms with Crippen LogP contribution in [0.4, 0.5) is 0 Å². The Morgan fingerprint density at radius 2 is 1.65 bits per heavy atom. The summed E-state index contributed by atoms with van der Waals surface area (Å²) in [4.78, 5) is 12.2. The molecule has 3 heteroatoms. The van der Waals surface area contributed by atoms with E-state index in [0.29, 0.717) is 22.3 Å². The predicted octanol–water partition coefficient (Wildman–Crippen LogP) is 2.02. The fourth-order valence-electron chi connectivity index (χ4n) is 2.23. The van der Waals surface area contributed by atoms with Crippen LogP contribution < -0.4 is 0 Å². The van der Waals surface area contributed by atoms with Crippen molar-refractivity contribution >= 4 is 5.78 Å². The molecular weight excluding hydrogens is 216 g/mol. The lowest BCUT2D eigenvalue weighted by molar-refractivity contribution is 0.101. The van der Waals surface area contributed by atoms with Crippen molar-refractivity contribution in [2.75, 3.05) is 0 Å². The zero-order valence-corrected chi connectivity index (χ0v) is 8.92. The summed E-state index contributed by atoms with van der Waals surface area (Å²) < 4.78 is 0. The minimum Gasteiger partial charge on any atom is -0.508 e. The number of carbonyl (C=O) groups is 1. The summed E-state index contributed by atoms with van der Waals surface area (Å²) in [6.45, 7) is 0. The Hall–Kier alpha value is -2.13. The zero-order chi connectivity index (χ0) is 12.0. The number of hydrogen-bond donors (Lipinski definition) is 2. The van der Waals surface area contributed by atoms with Crippen LogP contribution in [0, 0.1) is 0 Å². The molecular formula is C14H10O3. The highest BCUT2D eigenvalue weighted by Crippen LogP contribution is 2.35. The minimum atomic E-state index is -0.806. The number of rotatable bonds is 0. The predicted molar refractivity (Wildman–Crippen MR) is 62.0 cm³/mol. The van der Waals surface area contributed by atoms with Gasteiger partial charge in [0.1, 0.15) is 11.9 Å². The fourth-order valence-corrected chi connectivity index (χ4v) is 2.23. The summed E-state index contributed by atoms with van der Waals surface area (Å²) >= 11 is 0. The normalized spacial score (nSPS) is 17.5. The van der Waals surface area contributed by atoms with Crippen molar-refractivity contribution in [1.82, 2.24) is 0 Å². The molecule has 0 radical (unpaired) electrons. The molecule has 0 saturated carbocycles. The Labute approximate surface area is 98.0 Å². The molecule has 2 aromatic rings. The topological polar surface area (TPSA) is 57.5 Å². The largest absolute Gasteiger partial charge is 0.508 e. The monoisotopic (exact) mass is 226 g/mol. The smallest absolute Gasteiger partial charge is 0.193 e. The van der Waals surface area contributed by atoms with E-state index in [1.165, 1.54) is 12.1 Å². The molecule has 0 saturated heterocycles. The van der Waals surface area contributed by atoms with Crippen LogP contribution in [-0.2, 0) is 0 Å². The molecule has 1 unspecified atom stereocenters. The number of phenols is 1. The lowest BCUT2D eigenvalue weighted by Crippen LogP contribution is -2.18. The van der Waals surface area contributed by atoms with Gasteiger partial charge >= 0.3 is 0 Å². The van der Waals surface area contributed by atoms with E-state index in [1.54, 1.807) is 30.3 Å². The van der Waals surface area contributed by atoms with Crippen LogP contribution in [0.2, 0.25) is 0 Å². The van der Waals surface area contributed by atoms with Gasteiger partial charge in [-0.05, 0) is 23.3 Å². The Morgan fingerprint density at radius 3 is 2.47 bits per heavy atom. The van der Waals surface area contributed by atoms with E-state index >= 15 is 0 Å². The average Bonchev–Trinajstić information content (AvgIpc) is 2.36. The molecule has 0 amide bonds. The number of aliphatic hydroxyl groups is 1. The second-order valence-electron chi connectivity index (χ2n) is 4.09. The van der Waals surface area contributed by atoms with Crippen molar-refractivity contribution in [3.8, 4) is 5.75 Å². The van der Waals surface area contributed by atoms with Crippen molar-refractivity contribution < 1.29 is 15.0 Å². The maximum Gasteiger partial charge on any atom is 0.193 e. The molecule has 0 heterocycles. The Morgan fingerprint density at radius 1 is 0.941 bits per heavy atom. The molecule has 3 rings (SSSR count). The Kier molecular flexibility index (Phi) is 2.03. The van der Waals surface area contributed by atoms with E-state index in [-0.39, 0.29) is 11.5 Å². The molecule has 3 nitrogen and oxygen atoms in total. The molecule has 2 aromatic carbocycles. The number of aliphatic hydroxyl groups excluding tert-OH is 1. The summed E-state index contributed by atoms with van der Waals surface area (Å²) in [5.74, 6) is -0.125. The van der Waals surface area contributed by atoms with Crippen LogP contribution in [0.25, 0.3) is 0 Å². The first-order valence-electron chi connectivity index (χ1n) is 5.33. The third kappa shape index (κ3) is 1.36. The van der Waals surface area contributed by atoms with Gasteiger partial charge in [-0.3, -0.25) is 4.79 Å². The highest BCUT2D eigenvalue weighted by atomic mass is 16.3. The molecule has 0 spiro atoms. The summed E-state index contributed by atoms with van der Waals surface area (Å²) in [5, 5.41) is 19.6. The Bertz CT molecular complexity index is 617. The summed E-state index contributed by atoms with van der Waals surface area (Å²) in [6, 6.07) is 11.4. The van der Waals surface area contributed by atoms with Gasteiger partial charge in [0.25, 0.3) is 0 Å². The van der Waals surface area contributed by atoms with Crippen LogP contribution in [0.15, 0.2) is 42.5 Å². The number of ketones is 1. The number of fused-ring (bicyclic) bond motifs is 2. The molecule has 1 aliphatic rings. The van der Waals surface area contributed by atoms with Gasteiger partial charge in [0.2, 0.25) is 0 Å². The maximum atomic E-state index is 12.2. The quantitative estimate of drug-likeness (QED) is 0.722. The van der Waals surface area contributed by atoms with Crippen molar-refractivity contribution in [2.45, 2.75) is 6.10 Å². The van der Waals surface area contributed by atoms with E-state index in [2.05, 4.69) is 0 Å². The summed E-state index contributed by atoms with van der Waals surface area (Å²) in [6.07, 6.45) is -0.806. The standard InChI is InChI=1S/C14H10O3/c15-8-5-6-11-12(7-8)14(17)10-4-2-1-3-9(10)13(11)16/h1-7,13,15-16H. The van der Waals surface area contributed by atoms with Gasteiger partial charge in [-0.2, -0.15) is 0 Å². The molecule has 84 valence electrons. The molecule has 1 aliphatic carbocycles. The van der Waals surface area contributed by atoms with Crippen LogP contribution in [0.3, 0.4) is 0 Å². The van der Waals surface area contributed by atoms with Gasteiger partial charge < -0.3 is 10.2 Å². The second-order valence-corrected chi connectivity index (χ2v) is 4.09. The van der Waals surface area contributed by atoms with Crippen LogP contribution in [0.5, 0.6) is 5.75 Å². The van der Waals surface area contributed by atoms with Crippen molar-refractivity contribution in [2.24, 2.45) is 0 Å². The molecule has 0 fully saturated rings. The van der Waals surface area contributed by atoms with Gasteiger partial charge in [0.05, 0.1) is 0 Å². The molecule has 1 atom stereocenters. The average molecular weight is 226 g/mol. The number of benzene rings is 2. The number of carbonyl (C=O) groups excluding carboxylic acids is 1. The highest BCUT2D eigenvalue weighted by Gasteiger charge is 2.29. The van der Waals surface area contributed by atoms with E-state index < -0.39 is 6.10 Å². The fraction of sp³-hybridized carbons (Fsp3) is 0.0714. The number of hydrogen-bond acceptors (Lipinski definition) is 3. The van der Waals surface area contributed by atoms with Gasteiger partial charge in [0, 0.05) is 11.1 Å². The zero-order valence-electron chi connectivity index (χ0n) is 8.92. The third-order valence-electron chi connectivity index (χ3n) is 3.08. The first-order valence-corrected chi connectivity index (χ1v) is 5.33. The van der Waals surface area contributed by atoms with E-state index in [9.17, 15) is 15.0 Å². The Balaban J connectivity index is 2.29. The lowest BCUT2D eigenvalue weighted by atomic mass is 9.83. The maximum absolute atomic E-state index is 12.2. The molecule has 0 aromatic heterocycles. The summed E-state index contributed by atoms with van der Waals surface area (Å²) in [5.41, 5.74) is 2.04. The van der Waals surface area contributed by atoms with E-state index in [0.717, 1.165) is 0 Å². The van der Waals surface area contributed by atoms with Gasteiger partial charge in [-0.15, -0.1) is 0 Å². The van der Waals surface area contributed by atoms with E-state index in [1.807, 2.05) is 0 Å². The molecule has 0 aliphatic heterocycles. The molecule has 2 N–H and O–H groups in total. The first-order chi connectivity index (χ1) is 8.18. The van der Waals surface area contributed by atoms with Crippen LogP contribution >= 0.6 is 0 Å². The highest BCUT2D eigenvalue weighted by molar-refractivity contribution is 6.12. The summed E-state index contributed by atoms with van der Waals surface area (Å²) in [7, 11) is 0. The molecule has 17 heavy (non-hydrogen) atoms. The lowest BCUT2D eigenvalue weighted by Gasteiger charge is -2.23. The van der Waals surface area contributed by atoms with Crippen LogP contribution in [0.1, 0.15) is 33.2 Å². The van der Waals surface area contributed by atoms with Gasteiger partial charge in [-0.1, -0.05) is 30.3 Å². The van der Waals surface area contributed by atoms with Crippen molar-refractivity contribution in [3.63, 3.8) is 0 Å².